The Morgan fingerprint density at radius 1 is 1.26 bits per heavy atom. The molecule has 1 fully saturated rings. The number of piperazine rings is 1. The molecule has 0 aromatic heterocycles. The third-order valence-electron chi connectivity index (χ3n) is 4.26. The van der Waals surface area contributed by atoms with Gasteiger partial charge in [-0.3, -0.25) is 0 Å². The minimum Gasteiger partial charge on any atom is -0.465 e. The van der Waals surface area contributed by atoms with Gasteiger partial charge in [0.15, 0.2) is 0 Å². The van der Waals surface area contributed by atoms with E-state index in [4.69, 9.17) is 4.74 Å². The van der Waals surface area contributed by atoms with Gasteiger partial charge in [0, 0.05) is 31.8 Å². The fourth-order valence-electron chi connectivity index (χ4n) is 2.95. The minimum absolute atomic E-state index is 0.0919. The third kappa shape index (κ3) is 5.54. The normalized spacial score (nSPS) is 18.6. The largest absolute Gasteiger partial charge is 0.465 e. The van der Waals surface area contributed by atoms with Crippen molar-refractivity contribution in [3.05, 3.63) is 42.5 Å². The number of benzene rings is 1. The third-order valence-corrected chi connectivity index (χ3v) is 6.22. The number of hydrogen-bond donors (Lipinski definition) is 1. The van der Waals surface area contributed by atoms with Crippen molar-refractivity contribution in [1.29, 1.82) is 0 Å². The van der Waals surface area contributed by atoms with Crippen molar-refractivity contribution in [2.75, 3.05) is 26.2 Å². The molecule has 1 aromatic rings. The molecular weight excluding hydrogens is 372 g/mol. The van der Waals surface area contributed by atoms with Crippen molar-refractivity contribution >= 4 is 22.1 Å². The van der Waals surface area contributed by atoms with Gasteiger partial charge in [-0.1, -0.05) is 24.3 Å². The number of rotatable bonds is 7. The molecule has 27 heavy (non-hydrogen) atoms. The van der Waals surface area contributed by atoms with Gasteiger partial charge in [-0.2, -0.15) is 4.31 Å². The average molecular weight is 396 g/mol. The van der Waals surface area contributed by atoms with Gasteiger partial charge in [-0.15, -0.1) is 0 Å². The van der Waals surface area contributed by atoms with Crippen LogP contribution >= 0.6 is 0 Å². The van der Waals surface area contributed by atoms with Crippen molar-refractivity contribution in [3.63, 3.8) is 0 Å². The fourth-order valence-corrected chi connectivity index (χ4v) is 4.61. The zero-order chi connectivity index (χ0) is 19.9. The van der Waals surface area contributed by atoms with Crippen LogP contribution in [0, 0.1) is 0 Å². The maximum Gasteiger partial charge on any atom is 0.407 e. The summed E-state index contributed by atoms with van der Waals surface area (Å²) in [6.45, 7) is 2.30. The lowest BCUT2D eigenvalue weighted by Gasteiger charge is -2.39. The first kappa shape index (κ1) is 20.9. The zero-order valence-corrected chi connectivity index (χ0v) is 16.0. The zero-order valence-electron chi connectivity index (χ0n) is 15.2. The molecule has 2 rings (SSSR count). The van der Waals surface area contributed by atoms with E-state index < -0.39 is 28.1 Å². The van der Waals surface area contributed by atoms with E-state index in [1.54, 1.807) is 31.2 Å². The Morgan fingerprint density at radius 3 is 2.59 bits per heavy atom. The van der Waals surface area contributed by atoms with Crippen LogP contribution in [0.3, 0.4) is 0 Å². The summed E-state index contributed by atoms with van der Waals surface area (Å²) in [6, 6.07) is 7.58. The van der Waals surface area contributed by atoms with E-state index in [9.17, 15) is 23.1 Å². The van der Waals surface area contributed by atoms with Crippen LogP contribution in [-0.4, -0.2) is 67.1 Å². The van der Waals surface area contributed by atoms with Gasteiger partial charge < -0.3 is 14.7 Å². The van der Waals surface area contributed by atoms with Crippen LogP contribution in [0.5, 0.6) is 0 Å². The first-order chi connectivity index (χ1) is 12.9. The van der Waals surface area contributed by atoms with E-state index in [0.717, 1.165) is 0 Å². The van der Waals surface area contributed by atoms with Crippen LogP contribution in [0.25, 0.3) is 0 Å². The van der Waals surface area contributed by atoms with Gasteiger partial charge >= 0.3 is 12.1 Å². The molecule has 0 bridgehead atoms. The Hall–Kier alpha value is -2.39. The molecule has 1 heterocycles. The van der Waals surface area contributed by atoms with Crippen molar-refractivity contribution in [3.8, 4) is 0 Å². The van der Waals surface area contributed by atoms with E-state index in [2.05, 4.69) is 0 Å². The van der Waals surface area contributed by atoms with Crippen molar-refractivity contribution < 1.29 is 27.9 Å². The first-order valence-electron chi connectivity index (χ1n) is 8.74. The molecule has 0 aliphatic carbocycles. The molecule has 1 N–H and O–H groups in total. The predicted octanol–water partition coefficient (Wildman–Crippen LogP) is 1.94. The lowest BCUT2D eigenvalue weighted by atomic mass is 10.1. The fraction of sp³-hybridized carbons (Fsp3) is 0.444. The number of allylic oxidation sites excluding steroid dienone is 1. The summed E-state index contributed by atoms with van der Waals surface area (Å²) in [4.78, 5) is 24.0. The Balaban J connectivity index is 2.14. The first-order valence-corrected chi connectivity index (χ1v) is 10.2. The van der Waals surface area contributed by atoms with Crippen molar-refractivity contribution in [2.45, 2.75) is 30.7 Å². The van der Waals surface area contributed by atoms with E-state index >= 15 is 0 Å². The molecule has 0 spiro atoms. The molecule has 1 unspecified atom stereocenters. The van der Waals surface area contributed by atoms with E-state index in [1.165, 1.54) is 27.4 Å². The van der Waals surface area contributed by atoms with Gasteiger partial charge in [0.05, 0.1) is 11.5 Å². The average Bonchev–Trinajstić information content (AvgIpc) is 2.66. The number of nitrogens with zero attached hydrogens (tertiary/aromatic N) is 2. The summed E-state index contributed by atoms with van der Waals surface area (Å²) in [6.07, 6.45) is 2.67. The predicted molar refractivity (Wildman–Crippen MR) is 98.7 cm³/mol. The second-order valence-electron chi connectivity index (χ2n) is 6.04. The van der Waals surface area contributed by atoms with Gasteiger partial charge in [-0.05, 0) is 31.9 Å². The highest BCUT2D eigenvalue weighted by molar-refractivity contribution is 7.89. The van der Waals surface area contributed by atoms with E-state index in [-0.39, 0.29) is 31.1 Å². The summed E-state index contributed by atoms with van der Waals surface area (Å²) < 4.78 is 32.1. The Bertz CT molecular complexity index is 778. The summed E-state index contributed by atoms with van der Waals surface area (Å²) in [5.74, 6) is -0.456. The molecule has 9 heteroatoms. The molecule has 1 aliphatic heterocycles. The molecule has 1 amide bonds. The lowest BCUT2D eigenvalue weighted by Crippen LogP contribution is -2.56. The van der Waals surface area contributed by atoms with Crippen molar-refractivity contribution in [2.24, 2.45) is 0 Å². The molecule has 148 valence electrons. The number of ether oxygens (including phenoxy) is 1. The number of hydrogen-bond acceptors (Lipinski definition) is 5. The van der Waals surface area contributed by atoms with Crippen LogP contribution in [0.2, 0.25) is 0 Å². The van der Waals surface area contributed by atoms with Crippen molar-refractivity contribution in [1.82, 2.24) is 9.21 Å². The quantitative estimate of drug-likeness (QED) is 0.558. The van der Waals surface area contributed by atoms with Gasteiger partial charge in [-0.25, -0.2) is 18.0 Å². The van der Waals surface area contributed by atoms with Crippen LogP contribution in [0.1, 0.15) is 19.8 Å². The number of carbonyl (C=O) groups excluding carboxylic acids is 1. The molecule has 1 aromatic carbocycles. The Labute approximate surface area is 159 Å². The lowest BCUT2D eigenvalue weighted by molar-refractivity contribution is -0.137. The Morgan fingerprint density at radius 2 is 1.96 bits per heavy atom. The number of carbonyl (C=O) groups is 2. The van der Waals surface area contributed by atoms with E-state index in [0.29, 0.717) is 12.8 Å². The SMILES string of the molecule is CCOC(=O)C=CCCC1CN(C(=O)O)CCN1S(=O)(=O)c1ccccc1. The second kappa shape index (κ2) is 9.52. The van der Waals surface area contributed by atoms with Gasteiger partial charge in [0.25, 0.3) is 0 Å². The standard InChI is InChI=1S/C18H24N2O6S/c1-2-26-17(21)11-7-6-8-15-14-19(18(22)23)12-13-20(15)27(24,25)16-9-4-3-5-10-16/h3-5,7,9-11,15H,2,6,8,12-14H2,1H3,(H,22,23). The highest BCUT2D eigenvalue weighted by Crippen LogP contribution is 2.24. The van der Waals surface area contributed by atoms with Crippen LogP contribution in [-0.2, 0) is 19.6 Å². The van der Waals surface area contributed by atoms with Crippen LogP contribution in [0.4, 0.5) is 4.79 Å². The molecule has 0 saturated carbocycles. The smallest absolute Gasteiger partial charge is 0.407 e. The summed E-state index contributed by atoms with van der Waals surface area (Å²) >= 11 is 0. The number of sulfonamides is 1. The highest BCUT2D eigenvalue weighted by Gasteiger charge is 2.36. The van der Waals surface area contributed by atoms with Crippen LogP contribution in [0.15, 0.2) is 47.4 Å². The Kier molecular flexibility index (Phi) is 7.37. The summed E-state index contributed by atoms with van der Waals surface area (Å²) in [5.41, 5.74) is 0. The molecular formula is C18H24N2O6S. The highest BCUT2D eigenvalue weighted by atomic mass is 32.2. The summed E-state index contributed by atoms with van der Waals surface area (Å²) in [5, 5.41) is 9.25. The topological polar surface area (TPSA) is 104 Å². The molecule has 8 nitrogen and oxygen atoms in total. The number of carboxylic acid groups (broad SMARTS) is 1. The summed E-state index contributed by atoms with van der Waals surface area (Å²) in [7, 11) is -3.72. The van der Waals surface area contributed by atoms with E-state index in [1.807, 2.05) is 0 Å². The number of esters is 1. The second-order valence-corrected chi connectivity index (χ2v) is 7.93. The molecule has 0 radical (unpaired) electrons. The minimum atomic E-state index is -3.72. The molecule has 1 saturated heterocycles. The monoisotopic (exact) mass is 396 g/mol. The maximum absolute atomic E-state index is 13.0. The molecule has 1 aliphatic rings. The van der Waals surface area contributed by atoms with Gasteiger partial charge in [0.1, 0.15) is 0 Å². The number of amides is 1. The van der Waals surface area contributed by atoms with Crippen LogP contribution < -0.4 is 0 Å². The van der Waals surface area contributed by atoms with Gasteiger partial charge in [0.2, 0.25) is 10.0 Å². The molecule has 1 atom stereocenters. The maximum atomic E-state index is 13.0.